The third-order valence-corrected chi connectivity index (χ3v) is 4.91. The van der Waals surface area contributed by atoms with Crippen LogP contribution in [0, 0.1) is 0 Å². The number of nitrogens with zero attached hydrogens (tertiary/aromatic N) is 6. The number of anilines is 3. The number of aromatic nitrogens is 5. The summed E-state index contributed by atoms with van der Waals surface area (Å²) in [4.78, 5) is 20.2. The van der Waals surface area contributed by atoms with Gasteiger partial charge in [0.2, 0.25) is 5.95 Å². The van der Waals surface area contributed by atoms with E-state index >= 15 is 0 Å². The van der Waals surface area contributed by atoms with E-state index in [4.69, 9.17) is 4.74 Å². The lowest BCUT2D eigenvalue weighted by molar-refractivity contribution is 0.0889. The van der Waals surface area contributed by atoms with E-state index in [-0.39, 0.29) is 6.10 Å². The zero-order valence-corrected chi connectivity index (χ0v) is 16.0. The zero-order chi connectivity index (χ0) is 18.8. The Kier molecular flexibility index (Phi) is 4.89. The highest BCUT2D eigenvalue weighted by Gasteiger charge is 2.21. The first kappa shape index (κ1) is 17.7. The summed E-state index contributed by atoms with van der Waals surface area (Å²) in [5.41, 5.74) is 1.94. The largest absolute Gasteiger partial charge is 0.380 e. The molecule has 4 heterocycles. The molecule has 0 saturated carbocycles. The van der Waals surface area contributed by atoms with E-state index < -0.39 is 0 Å². The smallest absolute Gasteiger partial charge is 0.227 e. The van der Waals surface area contributed by atoms with E-state index in [0.29, 0.717) is 6.04 Å². The second kappa shape index (κ2) is 7.48. The standard InChI is InChI=1S/C19H25N7O/c1-13(2)26-12-22-15-10-21-18(9-16(15)26)23-17-6-7-20-19(24-17)25-8-4-5-14(11-25)27-3/h6-7,9-10,12-14H,4-5,8,11H2,1-3H3,(H,20,21,23,24). The molecule has 3 aromatic rings. The molecule has 1 aliphatic rings. The van der Waals surface area contributed by atoms with Crippen LogP contribution < -0.4 is 10.2 Å². The van der Waals surface area contributed by atoms with Gasteiger partial charge in [0, 0.05) is 38.5 Å². The molecule has 0 aromatic carbocycles. The number of fused-ring (bicyclic) bond motifs is 1. The Labute approximate surface area is 158 Å². The molecule has 8 heteroatoms. The van der Waals surface area contributed by atoms with E-state index in [2.05, 4.69) is 48.6 Å². The van der Waals surface area contributed by atoms with Crippen LogP contribution in [0.1, 0.15) is 32.7 Å². The van der Waals surface area contributed by atoms with Crippen molar-refractivity contribution >= 4 is 28.6 Å². The Bertz CT molecular complexity index is 923. The summed E-state index contributed by atoms with van der Waals surface area (Å²) < 4.78 is 7.63. The zero-order valence-electron chi connectivity index (χ0n) is 16.0. The minimum Gasteiger partial charge on any atom is -0.380 e. The van der Waals surface area contributed by atoms with Gasteiger partial charge in [-0.3, -0.25) is 0 Å². The summed E-state index contributed by atoms with van der Waals surface area (Å²) in [6.07, 6.45) is 7.81. The number of piperidine rings is 1. The lowest BCUT2D eigenvalue weighted by Crippen LogP contribution is -2.40. The average molecular weight is 367 g/mol. The molecule has 1 saturated heterocycles. The van der Waals surface area contributed by atoms with Gasteiger partial charge in [0.05, 0.1) is 24.1 Å². The fourth-order valence-corrected chi connectivity index (χ4v) is 3.42. The summed E-state index contributed by atoms with van der Waals surface area (Å²) in [6, 6.07) is 4.20. The topological polar surface area (TPSA) is 81.0 Å². The number of pyridine rings is 1. The number of imidazole rings is 1. The quantitative estimate of drug-likeness (QED) is 0.742. The van der Waals surface area contributed by atoms with Crippen molar-refractivity contribution in [1.29, 1.82) is 0 Å². The fourth-order valence-electron chi connectivity index (χ4n) is 3.42. The lowest BCUT2D eigenvalue weighted by atomic mass is 10.1. The molecule has 0 bridgehead atoms. The molecular weight excluding hydrogens is 342 g/mol. The first-order valence-corrected chi connectivity index (χ1v) is 9.34. The Morgan fingerprint density at radius 1 is 1.22 bits per heavy atom. The van der Waals surface area contributed by atoms with Crippen molar-refractivity contribution in [3.05, 3.63) is 30.9 Å². The molecule has 0 amide bonds. The van der Waals surface area contributed by atoms with Gasteiger partial charge in [-0.15, -0.1) is 0 Å². The van der Waals surface area contributed by atoms with Crippen molar-refractivity contribution in [3.63, 3.8) is 0 Å². The molecule has 0 spiro atoms. The van der Waals surface area contributed by atoms with E-state index in [0.717, 1.165) is 54.5 Å². The number of hydrogen-bond acceptors (Lipinski definition) is 7. The fraction of sp³-hybridized carbons (Fsp3) is 0.474. The molecule has 1 atom stereocenters. The minimum absolute atomic E-state index is 0.236. The monoisotopic (exact) mass is 367 g/mol. The van der Waals surface area contributed by atoms with E-state index in [1.54, 1.807) is 19.5 Å². The number of nitrogens with one attached hydrogen (secondary N) is 1. The number of hydrogen-bond donors (Lipinski definition) is 1. The Morgan fingerprint density at radius 2 is 2.11 bits per heavy atom. The molecule has 142 valence electrons. The number of methoxy groups -OCH3 is 1. The van der Waals surface area contributed by atoms with Crippen LogP contribution in [0.2, 0.25) is 0 Å². The van der Waals surface area contributed by atoms with Crippen molar-refractivity contribution < 1.29 is 4.74 Å². The molecule has 1 fully saturated rings. The van der Waals surface area contributed by atoms with E-state index in [1.807, 2.05) is 18.5 Å². The molecule has 8 nitrogen and oxygen atoms in total. The van der Waals surface area contributed by atoms with Crippen LogP contribution in [-0.2, 0) is 4.74 Å². The highest BCUT2D eigenvalue weighted by molar-refractivity contribution is 5.78. The minimum atomic E-state index is 0.236. The summed E-state index contributed by atoms with van der Waals surface area (Å²) in [7, 11) is 1.76. The van der Waals surface area contributed by atoms with Gasteiger partial charge in [0.1, 0.15) is 17.2 Å². The maximum absolute atomic E-state index is 5.50. The van der Waals surface area contributed by atoms with Crippen LogP contribution in [0.5, 0.6) is 0 Å². The molecule has 1 N–H and O–H groups in total. The van der Waals surface area contributed by atoms with Crippen LogP contribution in [0.3, 0.4) is 0 Å². The van der Waals surface area contributed by atoms with Crippen LogP contribution in [0.4, 0.5) is 17.6 Å². The van der Waals surface area contributed by atoms with Crippen molar-refractivity contribution in [2.24, 2.45) is 0 Å². The van der Waals surface area contributed by atoms with E-state index in [9.17, 15) is 0 Å². The van der Waals surface area contributed by atoms with Crippen molar-refractivity contribution in [3.8, 4) is 0 Å². The van der Waals surface area contributed by atoms with Gasteiger partial charge < -0.3 is 19.5 Å². The molecule has 0 aliphatic carbocycles. The van der Waals surface area contributed by atoms with Gasteiger partial charge in [-0.1, -0.05) is 0 Å². The first-order chi connectivity index (χ1) is 13.1. The van der Waals surface area contributed by atoms with Gasteiger partial charge in [-0.2, -0.15) is 4.98 Å². The number of rotatable bonds is 5. The Hall–Kier alpha value is -2.74. The van der Waals surface area contributed by atoms with Crippen LogP contribution in [-0.4, -0.2) is 50.8 Å². The third kappa shape index (κ3) is 3.71. The van der Waals surface area contributed by atoms with Crippen molar-refractivity contribution in [1.82, 2.24) is 24.5 Å². The maximum atomic E-state index is 5.50. The molecule has 27 heavy (non-hydrogen) atoms. The summed E-state index contributed by atoms with van der Waals surface area (Å²) in [6.45, 7) is 6.04. The molecule has 1 unspecified atom stereocenters. The summed E-state index contributed by atoms with van der Waals surface area (Å²) in [5, 5.41) is 3.30. The summed E-state index contributed by atoms with van der Waals surface area (Å²) in [5.74, 6) is 2.18. The molecule has 3 aromatic heterocycles. The van der Waals surface area contributed by atoms with Crippen LogP contribution >= 0.6 is 0 Å². The van der Waals surface area contributed by atoms with E-state index in [1.165, 1.54) is 0 Å². The van der Waals surface area contributed by atoms with Gasteiger partial charge in [-0.25, -0.2) is 15.0 Å². The van der Waals surface area contributed by atoms with Gasteiger partial charge >= 0.3 is 0 Å². The molecule has 0 radical (unpaired) electrons. The normalized spacial score (nSPS) is 17.6. The average Bonchev–Trinajstić information content (AvgIpc) is 3.12. The maximum Gasteiger partial charge on any atom is 0.227 e. The second-order valence-electron chi connectivity index (χ2n) is 7.12. The lowest BCUT2D eigenvalue weighted by Gasteiger charge is -2.31. The van der Waals surface area contributed by atoms with Gasteiger partial charge in [0.15, 0.2) is 0 Å². The molecule has 4 rings (SSSR count). The molecule has 1 aliphatic heterocycles. The number of ether oxygens (including phenoxy) is 1. The van der Waals surface area contributed by atoms with Crippen LogP contribution in [0.25, 0.3) is 11.0 Å². The predicted octanol–water partition coefficient (Wildman–Crippen LogP) is 3.16. The predicted molar refractivity (Wildman–Crippen MR) is 105 cm³/mol. The van der Waals surface area contributed by atoms with Crippen LogP contribution in [0.15, 0.2) is 30.9 Å². The van der Waals surface area contributed by atoms with Gasteiger partial charge in [-0.05, 0) is 32.8 Å². The van der Waals surface area contributed by atoms with Gasteiger partial charge in [0.25, 0.3) is 0 Å². The first-order valence-electron chi connectivity index (χ1n) is 9.34. The molecular formula is C19H25N7O. The Morgan fingerprint density at radius 3 is 2.93 bits per heavy atom. The SMILES string of the molecule is COC1CCCN(c2nccc(Nc3cc4c(cn3)ncn4C(C)C)n2)C1. The highest BCUT2D eigenvalue weighted by atomic mass is 16.5. The Balaban J connectivity index is 1.56. The highest BCUT2D eigenvalue weighted by Crippen LogP contribution is 2.23. The second-order valence-corrected chi connectivity index (χ2v) is 7.12. The summed E-state index contributed by atoms with van der Waals surface area (Å²) >= 11 is 0. The van der Waals surface area contributed by atoms with Crippen molar-refractivity contribution in [2.75, 3.05) is 30.4 Å². The van der Waals surface area contributed by atoms with Crippen molar-refractivity contribution in [2.45, 2.75) is 38.8 Å². The third-order valence-electron chi connectivity index (χ3n) is 4.91.